The molecule has 0 saturated heterocycles. The number of ether oxygens (including phenoxy) is 2. The molecule has 174 valence electrons. The van der Waals surface area contributed by atoms with Crippen molar-refractivity contribution in [3.05, 3.63) is 83.9 Å². The first-order valence-electron chi connectivity index (χ1n) is 10.1. The smallest absolute Gasteiger partial charge is 0.234 e. The van der Waals surface area contributed by atoms with E-state index in [4.69, 9.17) is 21.1 Å². The Hall–Kier alpha value is -3.76. The van der Waals surface area contributed by atoms with Gasteiger partial charge >= 0.3 is 0 Å². The fourth-order valence-electron chi connectivity index (χ4n) is 3.02. The number of hydrogen-bond acceptors (Lipinski definition) is 8. The van der Waals surface area contributed by atoms with Gasteiger partial charge in [0.25, 0.3) is 0 Å². The van der Waals surface area contributed by atoms with Crippen LogP contribution in [0.1, 0.15) is 5.56 Å². The SMILES string of the molecule is COc1ccccc1Oc1c(Cl)nc(-c2cnccn2)nc1NS(=O)(=O)CCc1ccccc1. The zero-order chi connectivity index (χ0) is 24.0. The Morgan fingerprint density at radius 1 is 0.971 bits per heavy atom. The van der Waals surface area contributed by atoms with Crippen molar-refractivity contribution in [3.8, 4) is 28.8 Å². The van der Waals surface area contributed by atoms with Gasteiger partial charge in [-0.25, -0.2) is 23.4 Å². The first-order chi connectivity index (χ1) is 16.4. The van der Waals surface area contributed by atoms with E-state index in [1.165, 1.54) is 25.7 Å². The summed E-state index contributed by atoms with van der Waals surface area (Å²) in [6.07, 6.45) is 4.72. The van der Waals surface area contributed by atoms with Crippen molar-refractivity contribution >= 4 is 27.4 Å². The van der Waals surface area contributed by atoms with E-state index in [9.17, 15) is 8.42 Å². The predicted molar refractivity (Wildman–Crippen MR) is 129 cm³/mol. The van der Waals surface area contributed by atoms with Gasteiger partial charge < -0.3 is 9.47 Å². The molecule has 34 heavy (non-hydrogen) atoms. The number of aryl methyl sites for hydroxylation is 1. The molecule has 9 nitrogen and oxygen atoms in total. The second-order valence-electron chi connectivity index (χ2n) is 7.02. The first kappa shape index (κ1) is 23.4. The van der Waals surface area contributed by atoms with Crippen LogP contribution < -0.4 is 14.2 Å². The summed E-state index contributed by atoms with van der Waals surface area (Å²) in [5.74, 6) is 0.461. The maximum absolute atomic E-state index is 12.9. The fraction of sp³-hybridized carbons (Fsp3) is 0.130. The number of benzene rings is 2. The maximum atomic E-state index is 12.9. The largest absolute Gasteiger partial charge is 0.493 e. The number of hydrogen-bond donors (Lipinski definition) is 1. The van der Waals surface area contributed by atoms with E-state index in [2.05, 4.69) is 24.7 Å². The van der Waals surface area contributed by atoms with E-state index in [1.54, 1.807) is 24.3 Å². The molecule has 0 fully saturated rings. The lowest BCUT2D eigenvalue weighted by Crippen LogP contribution is -2.20. The van der Waals surface area contributed by atoms with Crippen LogP contribution in [0, 0.1) is 0 Å². The molecule has 0 bridgehead atoms. The molecule has 2 aromatic carbocycles. The number of aromatic nitrogens is 4. The van der Waals surface area contributed by atoms with Crippen molar-refractivity contribution in [1.82, 2.24) is 19.9 Å². The Kier molecular flexibility index (Phi) is 7.19. The van der Waals surface area contributed by atoms with Gasteiger partial charge in [0.15, 0.2) is 28.3 Å². The molecule has 4 aromatic rings. The average Bonchev–Trinajstić information content (AvgIpc) is 2.86. The number of sulfonamides is 1. The summed E-state index contributed by atoms with van der Waals surface area (Å²) < 4.78 is 39.6. The minimum atomic E-state index is -3.83. The quantitative estimate of drug-likeness (QED) is 0.339. The van der Waals surface area contributed by atoms with Gasteiger partial charge in [-0.1, -0.05) is 54.1 Å². The molecule has 0 aliphatic rings. The zero-order valence-corrected chi connectivity index (χ0v) is 19.6. The molecule has 2 heterocycles. The van der Waals surface area contributed by atoms with Gasteiger partial charge in [-0.15, -0.1) is 0 Å². The van der Waals surface area contributed by atoms with E-state index in [0.29, 0.717) is 23.6 Å². The number of nitrogens with one attached hydrogen (secondary N) is 1. The molecule has 0 amide bonds. The molecule has 0 atom stereocenters. The van der Waals surface area contributed by atoms with Crippen LogP contribution in [0.15, 0.2) is 73.2 Å². The number of halogens is 1. The van der Waals surface area contributed by atoms with E-state index < -0.39 is 10.0 Å². The molecular formula is C23H20ClN5O4S. The van der Waals surface area contributed by atoms with Crippen LogP contribution in [-0.4, -0.2) is 41.2 Å². The summed E-state index contributed by atoms with van der Waals surface area (Å²) in [5.41, 5.74) is 1.21. The lowest BCUT2D eigenvalue weighted by atomic mass is 10.2. The molecule has 4 rings (SSSR count). The van der Waals surface area contributed by atoms with Crippen molar-refractivity contribution in [1.29, 1.82) is 0 Å². The van der Waals surface area contributed by atoms with E-state index in [0.717, 1.165) is 5.56 Å². The van der Waals surface area contributed by atoms with Crippen molar-refractivity contribution in [2.75, 3.05) is 17.6 Å². The van der Waals surface area contributed by atoms with Crippen molar-refractivity contribution in [2.24, 2.45) is 0 Å². The highest BCUT2D eigenvalue weighted by Crippen LogP contribution is 2.39. The minimum Gasteiger partial charge on any atom is -0.493 e. The fourth-order valence-corrected chi connectivity index (χ4v) is 4.27. The number of anilines is 1. The summed E-state index contributed by atoms with van der Waals surface area (Å²) in [6.45, 7) is 0. The summed E-state index contributed by atoms with van der Waals surface area (Å²) in [6, 6.07) is 16.2. The van der Waals surface area contributed by atoms with Gasteiger partial charge in [0.1, 0.15) is 5.69 Å². The second kappa shape index (κ2) is 10.4. The van der Waals surface area contributed by atoms with Gasteiger partial charge in [-0.05, 0) is 24.1 Å². The molecule has 0 radical (unpaired) electrons. The van der Waals surface area contributed by atoms with E-state index in [1.807, 2.05) is 30.3 Å². The monoisotopic (exact) mass is 497 g/mol. The van der Waals surface area contributed by atoms with E-state index in [-0.39, 0.29) is 28.3 Å². The molecule has 0 aliphatic carbocycles. The Bertz CT molecular complexity index is 1370. The van der Waals surface area contributed by atoms with Crippen LogP contribution in [0.2, 0.25) is 5.15 Å². The van der Waals surface area contributed by atoms with Gasteiger partial charge in [0, 0.05) is 12.4 Å². The van der Waals surface area contributed by atoms with Gasteiger partial charge in [-0.2, -0.15) is 0 Å². The van der Waals surface area contributed by atoms with Crippen LogP contribution in [0.25, 0.3) is 11.5 Å². The molecule has 1 N–H and O–H groups in total. The molecule has 0 aliphatic heterocycles. The third-order valence-corrected chi connectivity index (χ3v) is 6.15. The summed E-state index contributed by atoms with van der Waals surface area (Å²) in [5, 5.41) is -0.109. The third-order valence-electron chi connectivity index (χ3n) is 4.65. The van der Waals surface area contributed by atoms with E-state index >= 15 is 0 Å². The Labute approximate surface area is 201 Å². The molecule has 0 saturated carbocycles. The molecule has 2 aromatic heterocycles. The standard InChI is InChI=1S/C23H20ClN5O4S/c1-32-18-9-5-6-10-19(18)33-20-21(24)27-22(17-15-25-12-13-26-17)28-23(20)29-34(30,31)14-11-16-7-3-2-4-8-16/h2-10,12-13,15H,11,14H2,1H3,(H,27,28,29). The molecule has 0 unspecified atom stereocenters. The van der Waals surface area contributed by atoms with Crippen molar-refractivity contribution in [2.45, 2.75) is 6.42 Å². The molecule has 11 heteroatoms. The summed E-state index contributed by atoms with van der Waals surface area (Å²) in [4.78, 5) is 16.7. The Morgan fingerprint density at radius 2 is 1.71 bits per heavy atom. The normalized spacial score (nSPS) is 11.1. The summed E-state index contributed by atoms with van der Waals surface area (Å²) >= 11 is 6.43. The van der Waals surface area contributed by atoms with Crippen LogP contribution >= 0.6 is 11.6 Å². The highest BCUT2D eigenvalue weighted by Gasteiger charge is 2.22. The number of rotatable bonds is 9. The van der Waals surface area contributed by atoms with Crippen LogP contribution in [0.4, 0.5) is 5.82 Å². The first-order valence-corrected chi connectivity index (χ1v) is 12.2. The second-order valence-corrected chi connectivity index (χ2v) is 9.22. The van der Waals surface area contributed by atoms with Gasteiger partial charge in [-0.3, -0.25) is 9.71 Å². The van der Waals surface area contributed by atoms with Crippen LogP contribution in [-0.2, 0) is 16.4 Å². The highest BCUT2D eigenvalue weighted by atomic mass is 35.5. The zero-order valence-electron chi connectivity index (χ0n) is 18.1. The maximum Gasteiger partial charge on any atom is 0.234 e. The molecular weight excluding hydrogens is 478 g/mol. The summed E-state index contributed by atoms with van der Waals surface area (Å²) in [7, 11) is -2.33. The average molecular weight is 498 g/mol. The molecule has 0 spiro atoms. The van der Waals surface area contributed by atoms with Gasteiger partial charge in [0.05, 0.1) is 19.1 Å². The van der Waals surface area contributed by atoms with Crippen LogP contribution in [0.5, 0.6) is 17.2 Å². The van der Waals surface area contributed by atoms with Crippen molar-refractivity contribution in [3.63, 3.8) is 0 Å². The number of nitrogens with zero attached hydrogens (tertiary/aromatic N) is 4. The number of methoxy groups -OCH3 is 1. The number of para-hydroxylation sites is 2. The lowest BCUT2D eigenvalue weighted by molar-refractivity contribution is 0.378. The third kappa shape index (κ3) is 5.77. The Morgan fingerprint density at radius 3 is 2.41 bits per heavy atom. The van der Waals surface area contributed by atoms with Gasteiger partial charge in [0.2, 0.25) is 15.8 Å². The Balaban J connectivity index is 1.70. The van der Waals surface area contributed by atoms with Crippen LogP contribution in [0.3, 0.4) is 0 Å². The van der Waals surface area contributed by atoms with Crippen molar-refractivity contribution < 1.29 is 17.9 Å². The minimum absolute atomic E-state index is 0.0675. The predicted octanol–water partition coefficient (Wildman–Crippen LogP) is 4.37. The highest BCUT2D eigenvalue weighted by molar-refractivity contribution is 7.92. The topological polar surface area (TPSA) is 116 Å². The lowest BCUT2D eigenvalue weighted by Gasteiger charge is -2.16.